The summed E-state index contributed by atoms with van der Waals surface area (Å²) in [5, 5.41) is 8.10. The Kier molecular flexibility index (Phi) is 3.39. The van der Waals surface area contributed by atoms with E-state index in [2.05, 4.69) is 10.2 Å². The van der Waals surface area contributed by atoms with Crippen LogP contribution in [0.3, 0.4) is 0 Å². The molecule has 3 rings (SSSR count). The van der Waals surface area contributed by atoms with Crippen molar-refractivity contribution in [3.05, 3.63) is 36.5 Å². The van der Waals surface area contributed by atoms with Gasteiger partial charge in [-0.05, 0) is 23.8 Å². The molecule has 2 aromatic carbocycles. The van der Waals surface area contributed by atoms with E-state index in [1.165, 1.54) is 0 Å². The van der Waals surface area contributed by atoms with Gasteiger partial charge in [-0.3, -0.25) is 5.10 Å². The van der Waals surface area contributed by atoms with Crippen molar-refractivity contribution in [3.8, 4) is 28.4 Å². The number of aromatic amines is 1. The van der Waals surface area contributed by atoms with E-state index in [1.807, 2.05) is 30.3 Å². The van der Waals surface area contributed by atoms with Gasteiger partial charge in [0, 0.05) is 10.9 Å². The molecule has 21 heavy (non-hydrogen) atoms. The van der Waals surface area contributed by atoms with E-state index in [0.717, 1.165) is 22.0 Å². The molecule has 0 saturated carbocycles. The predicted octanol–water partition coefficient (Wildman–Crippen LogP) is 3.26. The van der Waals surface area contributed by atoms with Gasteiger partial charge in [0.25, 0.3) is 0 Å². The maximum Gasteiger partial charge on any atom is 0.203 e. The number of hydrogen-bond donors (Lipinski definition) is 1. The van der Waals surface area contributed by atoms with E-state index >= 15 is 0 Å². The molecule has 1 N–H and O–H groups in total. The van der Waals surface area contributed by atoms with Gasteiger partial charge in [0.2, 0.25) is 5.75 Å². The topological polar surface area (TPSA) is 56.4 Å². The minimum atomic E-state index is 0.581. The first kappa shape index (κ1) is 13.3. The molecule has 0 aliphatic heterocycles. The Bertz CT molecular complexity index is 780. The number of nitrogens with one attached hydrogen (secondary N) is 1. The zero-order valence-corrected chi connectivity index (χ0v) is 12.1. The van der Waals surface area contributed by atoms with Gasteiger partial charge in [-0.2, -0.15) is 5.10 Å². The lowest BCUT2D eigenvalue weighted by Gasteiger charge is -2.16. The largest absolute Gasteiger partial charge is 0.493 e. The molecule has 108 valence electrons. The monoisotopic (exact) mass is 284 g/mol. The standard InChI is InChI=1S/C16H16N2O3/c1-19-14-8-7-11(15(20-2)16(14)21-3)10-5-4-6-13-12(10)9-17-18-13/h4-9H,1-3H3,(H,17,18). The Morgan fingerprint density at radius 3 is 2.38 bits per heavy atom. The third-order valence-electron chi connectivity index (χ3n) is 3.48. The minimum absolute atomic E-state index is 0.581. The van der Waals surface area contributed by atoms with Crippen molar-refractivity contribution in [2.24, 2.45) is 0 Å². The fourth-order valence-corrected chi connectivity index (χ4v) is 2.52. The summed E-state index contributed by atoms with van der Waals surface area (Å²) in [5.74, 6) is 1.86. The Morgan fingerprint density at radius 1 is 0.857 bits per heavy atom. The average molecular weight is 284 g/mol. The fraction of sp³-hybridized carbons (Fsp3) is 0.188. The molecular formula is C16H16N2O3. The van der Waals surface area contributed by atoms with E-state index < -0.39 is 0 Å². The number of hydrogen-bond acceptors (Lipinski definition) is 4. The van der Waals surface area contributed by atoms with E-state index in [9.17, 15) is 0 Å². The lowest BCUT2D eigenvalue weighted by atomic mass is 10.0. The molecule has 0 aliphatic carbocycles. The molecular weight excluding hydrogens is 268 g/mol. The number of ether oxygens (including phenoxy) is 3. The summed E-state index contributed by atoms with van der Waals surface area (Å²) in [5.41, 5.74) is 2.94. The Hall–Kier alpha value is -2.69. The highest BCUT2D eigenvalue weighted by Gasteiger charge is 2.18. The van der Waals surface area contributed by atoms with Crippen LogP contribution in [0.4, 0.5) is 0 Å². The molecule has 1 aromatic heterocycles. The third-order valence-corrected chi connectivity index (χ3v) is 3.48. The minimum Gasteiger partial charge on any atom is -0.493 e. The molecule has 0 radical (unpaired) electrons. The summed E-state index contributed by atoms with van der Waals surface area (Å²) in [7, 11) is 4.83. The zero-order valence-electron chi connectivity index (χ0n) is 12.1. The molecule has 0 spiro atoms. The summed E-state index contributed by atoms with van der Waals surface area (Å²) in [6, 6.07) is 9.82. The van der Waals surface area contributed by atoms with Gasteiger partial charge < -0.3 is 14.2 Å². The maximum absolute atomic E-state index is 5.55. The number of rotatable bonds is 4. The first-order valence-corrected chi connectivity index (χ1v) is 6.51. The average Bonchev–Trinajstić information content (AvgIpc) is 3.01. The van der Waals surface area contributed by atoms with E-state index in [0.29, 0.717) is 17.2 Å². The Labute approximate surface area is 122 Å². The highest BCUT2D eigenvalue weighted by Crippen LogP contribution is 2.45. The molecule has 5 nitrogen and oxygen atoms in total. The molecule has 0 bridgehead atoms. The zero-order chi connectivity index (χ0) is 14.8. The van der Waals surface area contributed by atoms with Crippen LogP contribution in [-0.2, 0) is 0 Å². The third kappa shape index (κ3) is 2.07. The number of H-pyrrole nitrogens is 1. The molecule has 0 unspecified atom stereocenters. The van der Waals surface area contributed by atoms with Crippen molar-refractivity contribution in [1.82, 2.24) is 10.2 Å². The van der Waals surface area contributed by atoms with Crippen LogP contribution >= 0.6 is 0 Å². The van der Waals surface area contributed by atoms with Crippen molar-refractivity contribution in [2.45, 2.75) is 0 Å². The van der Waals surface area contributed by atoms with Crippen LogP contribution in [0, 0.1) is 0 Å². The highest BCUT2D eigenvalue weighted by molar-refractivity contribution is 5.96. The van der Waals surface area contributed by atoms with Gasteiger partial charge in [-0.25, -0.2) is 0 Å². The highest BCUT2D eigenvalue weighted by atomic mass is 16.5. The fourth-order valence-electron chi connectivity index (χ4n) is 2.52. The van der Waals surface area contributed by atoms with Gasteiger partial charge in [0.05, 0.1) is 33.0 Å². The molecule has 5 heteroatoms. The number of methoxy groups -OCH3 is 3. The molecule has 1 heterocycles. The van der Waals surface area contributed by atoms with E-state index in [1.54, 1.807) is 27.5 Å². The predicted molar refractivity (Wildman–Crippen MR) is 81.2 cm³/mol. The molecule has 0 saturated heterocycles. The second kappa shape index (κ2) is 5.36. The van der Waals surface area contributed by atoms with Crippen LogP contribution in [0.5, 0.6) is 17.2 Å². The molecule has 0 atom stereocenters. The van der Waals surface area contributed by atoms with Crippen LogP contribution in [0.25, 0.3) is 22.0 Å². The Balaban J connectivity index is 2.30. The van der Waals surface area contributed by atoms with Gasteiger partial charge in [-0.1, -0.05) is 12.1 Å². The summed E-state index contributed by atoms with van der Waals surface area (Å²) in [4.78, 5) is 0. The maximum atomic E-state index is 5.55. The second-order valence-electron chi connectivity index (χ2n) is 4.52. The first-order chi connectivity index (χ1) is 10.3. The number of nitrogens with zero attached hydrogens (tertiary/aromatic N) is 1. The van der Waals surface area contributed by atoms with Crippen LogP contribution in [0.2, 0.25) is 0 Å². The van der Waals surface area contributed by atoms with Gasteiger partial charge in [0.15, 0.2) is 11.5 Å². The van der Waals surface area contributed by atoms with E-state index in [-0.39, 0.29) is 0 Å². The first-order valence-electron chi connectivity index (χ1n) is 6.51. The quantitative estimate of drug-likeness (QED) is 0.799. The SMILES string of the molecule is COc1ccc(-c2cccc3[nH]ncc23)c(OC)c1OC. The molecule has 0 fully saturated rings. The van der Waals surface area contributed by atoms with E-state index in [4.69, 9.17) is 14.2 Å². The van der Waals surface area contributed by atoms with Crippen molar-refractivity contribution in [2.75, 3.05) is 21.3 Å². The Morgan fingerprint density at radius 2 is 1.67 bits per heavy atom. The van der Waals surface area contributed by atoms with Crippen LogP contribution in [0.15, 0.2) is 36.5 Å². The summed E-state index contributed by atoms with van der Waals surface area (Å²) < 4.78 is 16.3. The van der Waals surface area contributed by atoms with Crippen molar-refractivity contribution >= 4 is 10.9 Å². The molecule has 0 aliphatic rings. The van der Waals surface area contributed by atoms with Crippen molar-refractivity contribution < 1.29 is 14.2 Å². The smallest absolute Gasteiger partial charge is 0.203 e. The lowest BCUT2D eigenvalue weighted by Crippen LogP contribution is -1.97. The van der Waals surface area contributed by atoms with Crippen LogP contribution in [0.1, 0.15) is 0 Å². The second-order valence-corrected chi connectivity index (χ2v) is 4.52. The van der Waals surface area contributed by atoms with Gasteiger partial charge in [0.1, 0.15) is 0 Å². The number of fused-ring (bicyclic) bond motifs is 1. The molecule has 0 amide bonds. The van der Waals surface area contributed by atoms with Crippen molar-refractivity contribution in [3.63, 3.8) is 0 Å². The van der Waals surface area contributed by atoms with Crippen LogP contribution in [-0.4, -0.2) is 31.5 Å². The van der Waals surface area contributed by atoms with Crippen molar-refractivity contribution in [1.29, 1.82) is 0 Å². The molecule has 3 aromatic rings. The summed E-state index contributed by atoms with van der Waals surface area (Å²) in [6.45, 7) is 0. The summed E-state index contributed by atoms with van der Waals surface area (Å²) >= 11 is 0. The van der Waals surface area contributed by atoms with Gasteiger partial charge >= 0.3 is 0 Å². The number of benzene rings is 2. The van der Waals surface area contributed by atoms with Gasteiger partial charge in [-0.15, -0.1) is 0 Å². The normalized spacial score (nSPS) is 10.6. The number of aromatic nitrogens is 2. The van der Waals surface area contributed by atoms with Crippen LogP contribution < -0.4 is 14.2 Å². The lowest BCUT2D eigenvalue weighted by molar-refractivity contribution is 0.325. The summed E-state index contributed by atoms with van der Waals surface area (Å²) in [6.07, 6.45) is 1.81.